The van der Waals surface area contributed by atoms with Crippen molar-refractivity contribution in [3.05, 3.63) is 47.0 Å². The molecule has 1 aromatic carbocycles. The van der Waals surface area contributed by atoms with Crippen molar-refractivity contribution in [2.24, 2.45) is 0 Å². The highest BCUT2D eigenvalue weighted by Gasteiger charge is 2.20. The highest BCUT2D eigenvalue weighted by molar-refractivity contribution is 5.46. The molecule has 17 heavy (non-hydrogen) atoms. The van der Waals surface area contributed by atoms with E-state index in [4.69, 9.17) is 4.74 Å². The number of aromatic amines is 1. The highest BCUT2D eigenvalue weighted by atomic mass is 16.5. The zero-order chi connectivity index (χ0) is 12.4. The van der Waals surface area contributed by atoms with Gasteiger partial charge in [-0.3, -0.25) is 0 Å². The molecule has 0 amide bonds. The van der Waals surface area contributed by atoms with Gasteiger partial charge >= 0.3 is 0 Å². The van der Waals surface area contributed by atoms with Gasteiger partial charge in [-0.05, 0) is 31.0 Å². The molecular weight excluding hydrogens is 216 g/mol. The summed E-state index contributed by atoms with van der Waals surface area (Å²) in [7, 11) is 1.60. The highest BCUT2D eigenvalue weighted by Crippen LogP contribution is 2.32. The van der Waals surface area contributed by atoms with Crippen LogP contribution in [-0.2, 0) is 0 Å². The maximum atomic E-state index is 10.3. The van der Waals surface area contributed by atoms with Gasteiger partial charge in [0.25, 0.3) is 0 Å². The second-order valence-electron chi connectivity index (χ2n) is 4.07. The van der Waals surface area contributed by atoms with E-state index in [1.54, 1.807) is 19.5 Å². The molecule has 4 nitrogen and oxygen atoms in total. The normalized spacial score (nSPS) is 12.5. The number of H-pyrrole nitrogens is 1. The molecule has 0 aliphatic heterocycles. The number of aromatic nitrogens is 2. The fourth-order valence-corrected chi connectivity index (χ4v) is 2.02. The zero-order valence-corrected chi connectivity index (χ0v) is 10.2. The number of methoxy groups -OCH3 is 1. The second-order valence-corrected chi connectivity index (χ2v) is 4.07. The van der Waals surface area contributed by atoms with Crippen LogP contribution in [-0.4, -0.2) is 22.2 Å². The number of aryl methyl sites for hydroxylation is 2. The summed E-state index contributed by atoms with van der Waals surface area (Å²) in [5.41, 5.74) is 2.86. The molecule has 0 aliphatic carbocycles. The summed E-state index contributed by atoms with van der Waals surface area (Å²) >= 11 is 0. The van der Waals surface area contributed by atoms with Crippen molar-refractivity contribution in [2.75, 3.05) is 7.11 Å². The Bertz CT molecular complexity index is 506. The molecule has 0 saturated carbocycles. The first-order valence-corrected chi connectivity index (χ1v) is 5.46. The summed E-state index contributed by atoms with van der Waals surface area (Å²) < 4.78 is 5.32. The Balaban J connectivity index is 2.51. The number of aliphatic hydroxyl groups is 1. The van der Waals surface area contributed by atoms with Crippen LogP contribution >= 0.6 is 0 Å². The topological polar surface area (TPSA) is 58.1 Å². The van der Waals surface area contributed by atoms with Crippen LogP contribution in [0.25, 0.3) is 0 Å². The van der Waals surface area contributed by atoms with Gasteiger partial charge in [0.2, 0.25) is 0 Å². The average Bonchev–Trinajstić information content (AvgIpc) is 2.80. The first-order valence-electron chi connectivity index (χ1n) is 5.46. The summed E-state index contributed by atoms with van der Waals surface area (Å²) in [6, 6.07) is 3.93. The van der Waals surface area contributed by atoms with Crippen LogP contribution < -0.4 is 4.74 Å². The lowest BCUT2D eigenvalue weighted by Crippen LogP contribution is -2.07. The number of benzene rings is 1. The van der Waals surface area contributed by atoms with Crippen molar-refractivity contribution >= 4 is 0 Å². The van der Waals surface area contributed by atoms with E-state index in [-0.39, 0.29) is 0 Å². The second kappa shape index (κ2) is 4.59. The van der Waals surface area contributed by atoms with Gasteiger partial charge in [0.1, 0.15) is 17.7 Å². The maximum absolute atomic E-state index is 10.3. The maximum Gasteiger partial charge on any atom is 0.140 e. The van der Waals surface area contributed by atoms with E-state index in [0.29, 0.717) is 11.6 Å². The molecule has 1 atom stereocenters. The number of aliphatic hydroxyl groups excluding tert-OH is 1. The van der Waals surface area contributed by atoms with Crippen molar-refractivity contribution in [1.29, 1.82) is 0 Å². The van der Waals surface area contributed by atoms with Crippen molar-refractivity contribution in [2.45, 2.75) is 20.0 Å². The van der Waals surface area contributed by atoms with Crippen LogP contribution in [0.4, 0.5) is 0 Å². The van der Waals surface area contributed by atoms with E-state index in [1.807, 2.05) is 26.0 Å². The van der Waals surface area contributed by atoms with Crippen molar-refractivity contribution in [1.82, 2.24) is 9.97 Å². The predicted molar refractivity (Wildman–Crippen MR) is 65.1 cm³/mol. The van der Waals surface area contributed by atoms with Crippen LogP contribution in [0.2, 0.25) is 0 Å². The SMILES string of the molecule is COc1cc(C)cc(C)c1C(O)c1ncc[nH]1. The van der Waals surface area contributed by atoms with E-state index in [9.17, 15) is 5.11 Å². The molecule has 0 saturated heterocycles. The standard InChI is InChI=1S/C13H16N2O2/c1-8-6-9(2)11(10(7-8)17-3)12(16)13-14-4-5-15-13/h4-7,12,16H,1-3H3,(H,14,15). The van der Waals surface area contributed by atoms with Crippen LogP contribution in [0.5, 0.6) is 5.75 Å². The average molecular weight is 232 g/mol. The first-order chi connectivity index (χ1) is 8.13. The lowest BCUT2D eigenvalue weighted by Gasteiger charge is -2.16. The smallest absolute Gasteiger partial charge is 0.140 e. The Morgan fingerprint density at radius 3 is 2.71 bits per heavy atom. The minimum atomic E-state index is -0.791. The zero-order valence-electron chi connectivity index (χ0n) is 10.2. The molecule has 2 aromatic rings. The van der Waals surface area contributed by atoms with E-state index >= 15 is 0 Å². The van der Waals surface area contributed by atoms with E-state index in [0.717, 1.165) is 16.7 Å². The lowest BCUT2D eigenvalue weighted by molar-refractivity contribution is 0.205. The van der Waals surface area contributed by atoms with Gasteiger partial charge in [-0.2, -0.15) is 0 Å². The Labute approximate surface area is 100 Å². The minimum absolute atomic E-state index is 0.523. The van der Waals surface area contributed by atoms with Crippen molar-refractivity contribution < 1.29 is 9.84 Å². The molecule has 2 N–H and O–H groups in total. The third-order valence-electron chi connectivity index (χ3n) is 2.76. The largest absolute Gasteiger partial charge is 0.496 e. The molecule has 1 aromatic heterocycles. The number of ether oxygens (including phenoxy) is 1. The third-order valence-corrected chi connectivity index (χ3v) is 2.76. The summed E-state index contributed by atoms with van der Waals surface area (Å²) in [6.07, 6.45) is 2.52. The fourth-order valence-electron chi connectivity index (χ4n) is 2.02. The molecule has 1 unspecified atom stereocenters. The van der Waals surface area contributed by atoms with E-state index < -0.39 is 6.10 Å². The summed E-state index contributed by atoms with van der Waals surface area (Å²) in [6.45, 7) is 3.95. The van der Waals surface area contributed by atoms with Gasteiger partial charge in [0.15, 0.2) is 0 Å². The third kappa shape index (κ3) is 2.17. The Morgan fingerprint density at radius 2 is 2.12 bits per heavy atom. The number of nitrogens with zero attached hydrogens (tertiary/aromatic N) is 1. The van der Waals surface area contributed by atoms with Crippen LogP contribution in [0, 0.1) is 13.8 Å². The monoisotopic (exact) mass is 232 g/mol. The quantitative estimate of drug-likeness (QED) is 0.852. The summed E-state index contributed by atoms with van der Waals surface area (Å²) in [5, 5.41) is 10.3. The van der Waals surface area contributed by atoms with Crippen LogP contribution in [0.1, 0.15) is 28.6 Å². The molecule has 0 fully saturated rings. The van der Waals surface area contributed by atoms with Gasteiger partial charge in [0, 0.05) is 18.0 Å². The first kappa shape index (κ1) is 11.7. The predicted octanol–water partition coefficient (Wildman–Crippen LogP) is 2.12. The molecular formula is C13H16N2O2. The van der Waals surface area contributed by atoms with Crippen molar-refractivity contribution in [3.8, 4) is 5.75 Å². The van der Waals surface area contributed by atoms with Crippen LogP contribution in [0.3, 0.4) is 0 Å². The number of nitrogens with one attached hydrogen (secondary N) is 1. The number of imidazole rings is 1. The molecule has 0 spiro atoms. The van der Waals surface area contributed by atoms with Gasteiger partial charge in [-0.1, -0.05) is 6.07 Å². The molecule has 0 radical (unpaired) electrons. The Morgan fingerprint density at radius 1 is 1.35 bits per heavy atom. The number of hydrogen-bond acceptors (Lipinski definition) is 3. The molecule has 0 aliphatic rings. The number of hydrogen-bond donors (Lipinski definition) is 2. The summed E-state index contributed by atoms with van der Waals surface area (Å²) in [4.78, 5) is 6.98. The summed E-state index contributed by atoms with van der Waals surface area (Å²) in [5.74, 6) is 1.21. The Hall–Kier alpha value is -1.81. The minimum Gasteiger partial charge on any atom is -0.496 e. The Kier molecular flexibility index (Phi) is 3.15. The van der Waals surface area contributed by atoms with E-state index in [1.165, 1.54) is 0 Å². The molecule has 1 heterocycles. The van der Waals surface area contributed by atoms with Crippen molar-refractivity contribution in [3.63, 3.8) is 0 Å². The fraction of sp³-hybridized carbons (Fsp3) is 0.308. The molecule has 90 valence electrons. The molecule has 0 bridgehead atoms. The van der Waals surface area contributed by atoms with Gasteiger partial charge in [-0.15, -0.1) is 0 Å². The van der Waals surface area contributed by atoms with Crippen LogP contribution in [0.15, 0.2) is 24.5 Å². The van der Waals surface area contributed by atoms with Gasteiger partial charge in [-0.25, -0.2) is 4.98 Å². The van der Waals surface area contributed by atoms with Gasteiger partial charge in [0.05, 0.1) is 7.11 Å². The molecule has 2 rings (SSSR count). The lowest BCUT2D eigenvalue weighted by atomic mass is 9.99. The van der Waals surface area contributed by atoms with E-state index in [2.05, 4.69) is 9.97 Å². The van der Waals surface area contributed by atoms with Gasteiger partial charge < -0.3 is 14.8 Å². The number of rotatable bonds is 3. The molecule has 4 heteroatoms.